The second-order valence-corrected chi connectivity index (χ2v) is 8.32. The molecule has 2 N–H and O–H groups in total. The minimum absolute atomic E-state index is 0.115. The van der Waals surface area contributed by atoms with Gasteiger partial charge in [0.15, 0.2) is 0 Å². The number of amides is 1. The van der Waals surface area contributed by atoms with Gasteiger partial charge in [0, 0.05) is 11.8 Å². The van der Waals surface area contributed by atoms with Gasteiger partial charge in [-0.25, -0.2) is 14.2 Å². The van der Waals surface area contributed by atoms with Gasteiger partial charge in [-0.2, -0.15) is 0 Å². The molecular formula is C28H27N3O7. The third kappa shape index (κ3) is 5.54. The van der Waals surface area contributed by atoms with Gasteiger partial charge in [-0.3, -0.25) is 9.36 Å². The number of esters is 1. The number of aromatic hydroxyl groups is 1. The molecule has 10 heteroatoms. The van der Waals surface area contributed by atoms with E-state index in [4.69, 9.17) is 9.47 Å². The van der Waals surface area contributed by atoms with Crippen LogP contribution in [-0.2, 0) is 22.5 Å². The molecule has 0 aliphatic rings. The second kappa shape index (κ2) is 11.4. The highest BCUT2D eigenvalue weighted by Crippen LogP contribution is 2.25. The third-order valence-electron chi connectivity index (χ3n) is 5.95. The molecule has 196 valence electrons. The van der Waals surface area contributed by atoms with Crippen LogP contribution in [0.3, 0.4) is 0 Å². The first-order chi connectivity index (χ1) is 18.3. The highest BCUT2D eigenvalue weighted by Gasteiger charge is 2.23. The Bertz CT molecular complexity index is 1500. The van der Waals surface area contributed by atoms with Crippen LogP contribution in [0.5, 0.6) is 17.4 Å². The van der Waals surface area contributed by atoms with Crippen molar-refractivity contribution in [3.63, 3.8) is 0 Å². The van der Waals surface area contributed by atoms with Crippen LogP contribution in [0.25, 0.3) is 5.69 Å². The molecular weight excluding hydrogens is 490 g/mol. The van der Waals surface area contributed by atoms with Gasteiger partial charge >= 0.3 is 11.7 Å². The van der Waals surface area contributed by atoms with E-state index in [2.05, 4.69) is 10.1 Å². The minimum atomic E-state index is -0.517. The number of hydrogen-bond donors (Lipinski definition) is 2. The second-order valence-electron chi connectivity index (χ2n) is 8.32. The molecule has 0 unspecified atom stereocenters. The van der Waals surface area contributed by atoms with Crippen LogP contribution in [0.2, 0.25) is 0 Å². The Morgan fingerprint density at radius 2 is 1.58 bits per heavy atom. The van der Waals surface area contributed by atoms with Gasteiger partial charge in [-0.1, -0.05) is 18.2 Å². The molecule has 4 aromatic rings. The van der Waals surface area contributed by atoms with Gasteiger partial charge < -0.3 is 24.6 Å². The summed E-state index contributed by atoms with van der Waals surface area (Å²) in [5.74, 6) is -0.137. The molecule has 4 rings (SSSR count). The predicted octanol–water partition coefficient (Wildman–Crippen LogP) is 3.38. The molecule has 0 atom stereocenters. The largest absolute Gasteiger partial charge is 0.497 e. The van der Waals surface area contributed by atoms with E-state index in [1.54, 1.807) is 67.8 Å². The lowest BCUT2D eigenvalue weighted by molar-refractivity contribution is -0.115. The highest BCUT2D eigenvalue weighted by atomic mass is 16.5. The fourth-order valence-corrected chi connectivity index (χ4v) is 3.97. The van der Waals surface area contributed by atoms with E-state index in [9.17, 15) is 19.5 Å². The van der Waals surface area contributed by atoms with Crippen LogP contribution in [-0.4, -0.2) is 47.4 Å². The molecule has 0 aliphatic carbocycles. The summed E-state index contributed by atoms with van der Waals surface area (Å²) in [5, 5.41) is 13.9. The van der Waals surface area contributed by atoms with Crippen molar-refractivity contribution in [1.29, 1.82) is 0 Å². The quantitative estimate of drug-likeness (QED) is 0.327. The molecule has 3 aromatic carbocycles. The van der Waals surface area contributed by atoms with Crippen LogP contribution < -0.4 is 20.5 Å². The van der Waals surface area contributed by atoms with E-state index in [0.29, 0.717) is 28.4 Å². The average Bonchev–Trinajstić information content (AvgIpc) is 3.17. The number of carbonyl (C=O) groups is 2. The monoisotopic (exact) mass is 517 g/mol. The first kappa shape index (κ1) is 26.1. The van der Waals surface area contributed by atoms with Crippen molar-refractivity contribution < 1.29 is 28.9 Å². The van der Waals surface area contributed by atoms with Crippen molar-refractivity contribution in [1.82, 2.24) is 9.13 Å². The van der Waals surface area contributed by atoms with E-state index in [1.165, 1.54) is 30.9 Å². The zero-order valence-electron chi connectivity index (χ0n) is 21.1. The Labute approximate surface area is 218 Å². The van der Waals surface area contributed by atoms with Gasteiger partial charge in [0.05, 0.1) is 51.2 Å². The Morgan fingerprint density at radius 3 is 2.21 bits per heavy atom. The topological polar surface area (TPSA) is 121 Å². The molecule has 0 saturated carbocycles. The highest BCUT2D eigenvalue weighted by molar-refractivity contribution is 5.94. The SMILES string of the molecule is COC(=O)c1ccc(NC(=O)Cc2c(O)n(-c3cccc(OC)c3)c(=O)n2Cc2ccc(OC)cc2)cc1. The lowest BCUT2D eigenvalue weighted by atomic mass is 10.2. The molecule has 10 nitrogen and oxygen atoms in total. The number of benzene rings is 3. The Balaban J connectivity index is 1.68. The number of carbonyl (C=O) groups excluding carboxylic acids is 2. The van der Waals surface area contributed by atoms with Crippen LogP contribution in [0.4, 0.5) is 5.69 Å². The summed E-state index contributed by atoms with van der Waals surface area (Å²) in [5.41, 5.74) is 1.57. The molecule has 0 saturated heterocycles. The molecule has 0 fully saturated rings. The standard InChI is InChI=1S/C28H27N3O7/c1-36-22-13-7-18(8-14-22)17-30-24(16-25(32)29-20-11-9-19(10-12-20)27(34)38-3)26(33)31(28(30)35)21-5-4-6-23(15-21)37-2/h4-15,33H,16-17H2,1-3H3,(H,29,32). The maximum Gasteiger partial charge on any atom is 0.337 e. The van der Waals surface area contributed by atoms with E-state index in [1.807, 2.05) is 0 Å². The molecule has 1 heterocycles. The fourth-order valence-electron chi connectivity index (χ4n) is 3.97. The molecule has 0 radical (unpaired) electrons. The number of nitrogens with one attached hydrogen (secondary N) is 1. The lowest BCUT2D eigenvalue weighted by Gasteiger charge is -2.10. The third-order valence-corrected chi connectivity index (χ3v) is 5.95. The zero-order chi connectivity index (χ0) is 27.2. The molecule has 0 spiro atoms. The number of ether oxygens (including phenoxy) is 3. The van der Waals surface area contributed by atoms with Gasteiger partial charge in [0.25, 0.3) is 0 Å². The van der Waals surface area contributed by atoms with Gasteiger partial charge in [-0.05, 0) is 54.1 Å². The number of rotatable bonds is 9. The number of methoxy groups -OCH3 is 3. The van der Waals surface area contributed by atoms with Crippen molar-refractivity contribution in [3.8, 4) is 23.1 Å². The number of anilines is 1. The van der Waals surface area contributed by atoms with Crippen LogP contribution >= 0.6 is 0 Å². The molecule has 0 bridgehead atoms. The van der Waals surface area contributed by atoms with Crippen molar-refractivity contribution in [2.75, 3.05) is 26.6 Å². The number of nitrogens with zero attached hydrogens (tertiary/aromatic N) is 2. The van der Waals surface area contributed by atoms with E-state index in [-0.39, 0.29) is 24.5 Å². The van der Waals surface area contributed by atoms with Crippen LogP contribution in [0, 0.1) is 0 Å². The number of hydrogen-bond acceptors (Lipinski definition) is 7. The molecule has 1 aromatic heterocycles. The van der Waals surface area contributed by atoms with Crippen molar-refractivity contribution in [2.24, 2.45) is 0 Å². The van der Waals surface area contributed by atoms with Crippen molar-refractivity contribution in [2.45, 2.75) is 13.0 Å². The van der Waals surface area contributed by atoms with Crippen LogP contribution in [0.15, 0.2) is 77.6 Å². The predicted molar refractivity (Wildman–Crippen MR) is 140 cm³/mol. The van der Waals surface area contributed by atoms with Gasteiger partial charge in [0.2, 0.25) is 11.8 Å². The maximum atomic E-state index is 13.5. The zero-order valence-corrected chi connectivity index (χ0v) is 21.1. The van der Waals surface area contributed by atoms with Crippen molar-refractivity contribution >= 4 is 17.6 Å². The summed E-state index contributed by atoms with van der Waals surface area (Å²) in [6.07, 6.45) is -0.285. The molecule has 0 aliphatic heterocycles. The first-order valence-corrected chi connectivity index (χ1v) is 11.6. The van der Waals surface area contributed by atoms with E-state index >= 15 is 0 Å². The van der Waals surface area contributed by atoms with Crippen molar-refractivity contribution in [3.05, 3.63) is 100 Å². The molecule has 1 amide bonds. The fraction of sp³-hybridized carbons (Fsp3) is 0.179. The Morgan fingerprint density at radius 1 is 0.895 bits per heavy atom. The van der Waals surface area contributed by atoms with E-state index in [0.717, 1.165) is 10.1 Å². The van der Waals surface area contributed by atoms with Gasteiger partial charge in [0.1, 0.15) is 11.5 Å². The number of imidazole rings is 1. The summed E-state index contributed by atoms with van der Waals surface area (Å²) < 4.78 is 17.6. The summed E-state index contributed by atoms with van der Waals surface area (Å²) in [4.78, 5) is 38.2. The number of aromatic nitrogens is 2. The normalized spacial score (nSPS) is 10.6. The smallest absolute Gasteiger partial charge is 0.337 e. The van der Waals surface area contributed by atoms with Crippen LogP contribution in [0.1, 0.15) is 21.6 Å². The summed E-state index contributed by atoms with van der Waals surface area (Å²) in [6.45, 7) is 0.115. The summed E-state index contributed by atoms with van der Waals surface area (Å²) in [6, 6.07) is 20.0. The summed E-state index contributed by atoms with van der Waals surface area (Å²) in [7, 11) is 4.35. The maximum absolute atomic E-state index is 13.5. The summed E-state index contributed by atoms with van der Waals surface area (Å²) >= 11 is 0. The minimum Gasteiger partial charge on any atom is -0.497 e. The van der Waals surface area contributed by atoms with Gasteiger partial charge in [-0.15, -0.1) is 0 Å². The lowest BCUT2D eigenvalue weighted by Crippen LogP contribution is -2.26. The Hall–Kier alpha value is -4.99. The average molecular weight is 518 g/mol. The molecule has 38 heavy (non-hydrogen) atoms. The van der Waals surface area contributed by atoms with E-state index < -0.39 is 17.6 Å². The Kier molecular flexibility index (Phi) is 7.81. The first-order valence-electron chi connectivity index (χ1n) is 11.6.